The van der Waals surface area contributed by atoms with Gasteiger partial charge in [0.15, 0.2) is 6.61 Å². The van der Waals surface area contributed by atoms with E-state index in [1.165, 1.54) is 16.2 Å². The maximum Gasteiger partial charge on any atom is 0.305 e. The molecular formula is C37H29N3O5S2. The second-order valence-electron chi connectivity index (χ2n) is 12.7. The van der Waals surface area contributed by atoms with Crippen molar-refractivity contribution in [2.24, 2.45) is 29.6 Å². The quantitative estimate of drug-likeness (QED) is 0.208. The summed E-state index contributed by atoms with van der Waals surface area (Å²) in [5.41, 5.74) is 2.22. The number of rotatable bonds is 6. The number of aromatic amines is 1. The zero-order valence-electron chi connectivity index (χ0n) is 25.0. The molecule has 10 heteroatoms. The largest absolute Gasteiger partial charge is 0.483 e. The minimum atomic E-state index is -0.395. The van der Waals surface area contributed by atoms with Crippen molar-refractivity contribution in [3.8, 4) is 5.75 Å². The number of benzene rings is 4. The minimum absolute atomic E-state index is 0.0174. The predicted molar refractivity (Wildman–Crippen MR) is 182 cm³/mol. The van der Waals surface area contributed by atoms with Gasteiger partial charge in [0, 0.05) is 32.7 Å². The Morgan fingerprint density at radius 2 is 1.57 bits per heavy atom. The Bertz CT molecular complexity index is 2140. The SMILES string of the molecule is O=C(COc1ccccc1[C@H]1c2sc(=O)[nH]c2SC2C3CC(C4C(=O)N(c5ccccc5)C(=O)C34)C21)Nc1cccc2ccccc12. The third kappa shape index (κ3) is 4.42. The number of carbonyl (C=O) groups excluding carboxylic acids is 3. The lowest BCUT2D eigenvalue weighted by Crippen LogP contribution is -2.42. The number of hydrogen-bond acceptors (Lipinski definition) is 7. The second kappa shape index (κ2) is 11.0. The first-order valence-electron chi connectivity index (χ1n) is 15.8. The standard InChI is InChI=1S/C37H29N3O5S2/c41-27(38-25-15-8-10-19-9-4-5-13-21(19)25)18-45-26-16-7-6-14-22(26)28-29-23-17-24(32(29)46-34-33(28)47-37(44)39-34)31-30(23)35(42)40(36(31)43)20-11-2-1-3-12-20/h1-16,23-24,28-32H,17-18H2,(H,38,41)(H,39,44)/t23?,24?,28-,29?,30?,31?,32?/m1/s1. The van der Waals surface area contributed by atoms with Crippen LogP contribution >= 0.6 is 23.1 Å². The summed E-state index contributed by atoms with van der Waals surface area (Å²) in [7, 11) is 0. The van der Waals surface area contributed by atoms with Crippen molar-refractivity contribution in [1.29, 1.82) is 0 Å². The fraction of sp³-hybridized carbons (Fsp3) is 0.243. The van der Waals surface area contributed by atoms with E-state index in [2.05, 4.69) is 10.3 Å². The van der Waals surface area contributed by atoms with Gasteiger partial charge in [-0.25, -0.2) is 0 Å². The molecule has 4 aliphatic rings. The van der Waals surface area contributed by atoms with Crippen LogP contribution in [0.3, 0.4) is 0 Å². The predicted octanol–water partition coefficient (Wildman–Crippen LogP) is 6.29. The molecule has 5 aromatic rings. The first-order valence-corrected chi connectivity index (χ1v) is 17.5. The van der Waals surface area contributed by atoms with Crippen LogP contribution in [0.5, 0.6) is 5.75 Å². The molecule has 7 atom stereocenters. The molecule has 2 aliphatic carbocycles. The number of ether oxygens (including phenoxy) is 1. The lowest BCUT2D eigenvalue weighted by Gasteiger charge is -2.43. The molecule has 8 nitrogen and oxygen atoms in total. The first-order chi connectivity index (χ1) is 23.0. The number of nitrogens with zero attached hydrogens (tertiary/aromatic N) is 1. The number of anilines is 2. The Labute approximate surface area is 278 Å². The van der Waals surface area contributed by atoms with Gasteiger partial charge in [-0.3, -0.25) is 24.1 Å². The van der Waals surface area contributed by atoms with Gasteiger partial charge in [-0.15, -0.1) is 11.8 Å². The smallest absolute Gasteiger partial charge is 0.305 e. The molecule has 6 unspecified atom stereocenters. The number of carbonyl (C=O) groups is 3. The maximum atomic E-state index is 14.0. The number of aromatic nitrogens is 1. The minimum Gasteiger partial charge on any atom is -0.483 e. The van der Waals surface area contributed by atoms with E-state index in [-0.39, 0.29) is 64.0 Å². The highest BCUT2D eigenvalue weighted by Crippen LogP contribution is 2.69. The fourth-order valence-corrected chi connectivity index (χ4v) is 11.6. The van der Waals surface area contributed by atoms with Crippen LogP contribution in [0.25, 0.3) is 10.8 Å². The van der Waals surface area contributed by atoms with Crippen LogP contribution in [0.15, 0.2) is 107 Å². The molecule has 234 valence electrons. The average Bonchev–Trinajstić information content (AvgIpc) is 3.83. The van der Waals surface area contributed by atoms with Crippen LogP contribution in [0, 0.1) is 29.6 Å². The molecule has 3 fully saturated rings. The lowest BCUT2D eigenvalue weighted by molar-refractivity contribution is -0.123. The Morgan fingerprint density at radius 3 is 2.43 bits per heavy atom. The summed E-state index contributed by atoms with van der Waals surface area (Å²) in [6, 6.07) is 30.6. The summed E-state index contributed by atoms with van der Waals surface area (Å²) in [5.74, 6) is -0.903. The topological polar surface area (TPSA) is 109 Å². The Morgan fingerprint density at radius 1 is 0.851 bits per heavy atom. The van der Waals surface area contributed by atoms with E-state index in [1.54, 1.807) is 11.8 Å². The maximum absolute atomic E-state index is 14.0. The highest BCUT2D eigenvalue weighted by Gasteiger charge is 2.69. The van der Waals surface area contributed by atoms with E-state index in [4.69, 9.17) is 4.74 Å². The highest BCUT2D eigenvalue weighted by atomic mass is 32.2. The normalized spacial score (nSPS) is 27.1. The zero-order chi connectivity index (χ0) is 31.8. The van der Waals surface area contributed by atoms with Crippen molar-refractivity contribution in [3.05, 3.63) is 117 Å². The number of para-hydroxylation sites is 2. The van der Waals surface area contributed by atoms with E-state index in [9.17, 15) is 19.2 Å². The Balaban J connectivity index is 1.04. The summed E-state index contributed by atoms with van der Waals surface area (Å²) in [6.07, 6.45) is 0.796. The van der Waals surface area contributed by atoms with Crippen molar-refractivity contribution >= 4 is 63.0 Å². The number of thiazole rings is 1. The third-order valence-electron chi connectivity index (χ3n) is 10.4. The number of nitrogens with one attached hydrogen (secondary N) is 2. The molecular weight excluding hydrogens is 631 g/mol. The summed E-state index contributed by atoms with van der Waals surface area (Å²) in [6.45, 7) is -0.193. The van der Waals surface area contributed by atoms with Gasteiger partial charge in [0.1, 0.15) is 5.75 Å². The molecule has 3 heterocycles. The van der Waals surface area contributed by atoms with Gasteiger partial charge in [-0.1, -0.05) is 84.1 Å². The summed E-state index contributed by atoms with van der Waals surface area (Å²) < 4.78 is 6.25. The van der Waals surface area contributed by atoms with Gasteiger partial charge < -0.3 is 15.0 Å². The molecule has 2 bridgehead atoms. The van der Waals surface area contributed by atoms with E-state index >= 15 is 0 Å². The van der Waals surface area contributed by atoms with Crippen molar-refractivity contribution in [1.82, 2.24) is 4.98 Å². The molecule has 2 aliphatic heterocycles. The van der Waals surface area contributed by atoms with Crippen LogP contribution in [0.2, 0.25) is 0 Å². The van der Waals surface area contributed by atoms with E-state index in [1.807, 2.05) is 97.1 Å². The average molecular weight is 660 g/mol. The summed E-state index contributed by atoms with van der Waals surface area (Å²) in [5, 5.41) is 5.86. The van der Waals surface area contributed by atoms with Crippen molar-refractivity contribution in [2.45, 2.75) is 22.6 Å². The van der Waals surface area contributed by atoms with Crippen molar-refractivity contribution < 1.29 is 19.1 Å². The monoisotopic (exact) mass is 659 g/mol. The molecule has 3 amide bonds. The Kier molecular flexibility index (Phi) is 6.65. The molecule has 1 saturated heterocycles. The van der Waals surface area contributed by atoms with E-state index in [0.29, 0.717) is 11.4 Å². The van der Waals surface area contributed by atoms with Gasteiger partial charge in [-0.05, 0) is 53.8 Å². The van der Waals surface area contributed by atoms with Gasteiger partial charge in [0.25, 0.3) is 5.91 Å². The van der Waals surface area contributed by atoms with Gasteiger partial charge >= 0.3 is 4.87 Å². The molecule has 0 spiro atoms. The molecule has 0 radical (unpaired) electrons. The molecule has 47 heavy (non-hydrogen) atoms. The van der Waals surface area contributed by atoms with Crippen LogP contribution in [0.4, 0.5) is 11.4 Å². The third-order valence-corrected chi connectivity index (χ3v) is 13.0. The zero-order valence-corrected chi connectivity index (χ0v) is 26.6. The number of H-pyrrole nitrogens is 1. The van der Waals surface area contributed by atoms with Crippen LogP contribution in [0.1, 0.15) is 22.8 Å². The van der Waals surface area contributed by atoms with Crippen molar-refractivity contribution in [2.75, 3.05) is 16.8 Å². The van der Waals surface area contributed by atoms with Crippen LogP contribution in [-0.2, 0) is 14.4 Å². The van der Waals surface area contributed by atoms with E-state index in [0.717, 1.165) is 38.3 Å². The molecule has 1 aromatic heterocycles. The number of thioether (sulfide) groups is 1. The molecule has 2 saturated carbocycles. The van der Waals surface area contributed by atoms with Crippen molar-refractivity contribution in [3.63, 3.8) is 0 Å². The Hall–Kier alpha value is -4.67. The van der Waals surface area contributed by atoms with Crippen LogP contribution < -0.4 is 19.8 Å². The lowest BCUT2D eigenvalue weighted by atomic mass is 9.68. The number of imide groups is 1. The van der Waals surface area contributed by atoms with Gasteiger partial charge in [0.2, 0.25) is 11.8 Å². The highest BCUT2D eigenvalue weighted by molar-refractivity contribution is 8.00. The second-order valence-corrected chi connectivity index (χ2v) is 14.9. The number of fused-ring (bicyclic) bond motifs is 10. The van der Waals surface area contributed by atoms with Gasteiger partial charge in [-0.2, -0.15) is 0 Å². The number of amides is 3. The molecule has 2 N–H and O–H groups in total. The molecule has 4 aromatic carbocycles. The van der Waals surface area contributed by atoms with Gasteiger partial charge in [0.05, 0.1) is 22.5 Å². The van der Waals surface area contributed by atoms with E-state index < -0.39 is 5.92 Å². The summed E-state index contributed by atoms with van der Waals surface area (Å²) >= 11 is 2.85. The van der Waals surface area contributed by atoms with Crippen LogP contribution in [-0.4, -0.2) is 34.6 Å². The fourth-order valence-electron chi connectivity index (χ4n) is 8.73. The number of hydrogen-bond donors (Lipinski definition) is 2. The molecule has 9 rings (SSSR count). The first kappa shape index (κ1) is 28.5. The summed E-state index contributed by atoms with van der Waals surface area (Å²) in [4.78, 5) is 59.0.